The third-order valence-electron chi connectivity index (χ3n) is 8.43. The lowest BCUT2D eigenvalue weighted by atomic mass is 9.96. The van der Waals surface area contributed by atoms with Crippen LogP contribution in [0, 0.1) is 0 Å². The van der Waals surface area contributed by atoms with Gasteiger partial charge in [0.05, 0.1) is 0 Å². The van der Waals surface area contributed by atoms with Gasteiger partial charge in [0, 0.05) is 29.3 Å². The molecule has 0 nitrogen and oxygen atoms in total. The lowest BCUT2D eigenvalue weighted by molar-refractivity contribution is 0.668. The van der Waals surface area contributed by atoms with Crippen molar-refractivity contribution in [2.24, 2.45) is 0 Å². The molecule has 0 radical (unpaired) electrons. The van der Waals surface area contributed by atoms with E-state index >= 15 is 0 Å². The van der Waals surface area contributed by atoms with E-state index in [0.29, 0.717) is 0 Å². The summed E-state index contributed by atoms with van der Waals surface area (Å²) >= 11 is 7.72. The highest BCUT2D eigenvalue weighted by Crippen LogP contribution is 2.45. The molecule has 2 aliphatic rings. The molecule has 4 aromatic heterocycles. The summed E-state index contributed by atoms with van der Waals surface area (Å²) in [6, 6.07) is 14.0. The van der Waals surface area contributed by atoms with Gasteiger partial charge in [0.1, 0.15) is 0 Å². The van der Waals surface area contributed by atoms with Crippen molar-refractivity contribution in [1.29, 1.82) is 0 Å². The van der Waals surface area contributed by atoms with Crippen molar-refractivity contribution < 1.29 is 0 Å². The van der Waals surface area contributed by atoms with Gasteiger partial charge >= 0.3 is 0 Å². The SMILES string of the molecule is CCCCCCc1cc(C2=CC=CC3=C(c4cc(CCCCCC)c(-c5cccs5)s4)C=CC=C2C3)sc1-c1cccs1. The summed E-state index contributed by atoms with van der Waals surface area (Å²) in [5.74, 6) is 0. The number of thiophene rings is 4. The first-order valence-corrected chi connectivity index (χ1v) is 19.5. The second-order valence-corrected chi connectivity index (χ2v) is 15.6. The van der Waals surface area contributed by atoms with E-state index in [9.17, 15) is 0 Å². The molecule has 43 heavy (non-hydrogen) atoms. The molecule has 0 amide bonds. The molecule has 0 atom stereocenters. The topological polar surface area (TPSA) is 0 Å². The molecule has 2 bridgehead atoms. The largest absolute Gasteiger partial charge is 0.143 e. The van der Waals surface area contributed by atoms with E-state index in [-0.39, 0.29) is 0 Å². The minimum absolute atomic E-state index is 0.973. The molecule has 4 heterocycles. The van der Waals surface area contributed by atoms with Crippen LogP contribution < -0.4 is 0 Å². The number of hydrogen-bond acceptors (Lipinski definition) is 4. The van der Waals surface area contributed by atoms with Crippen LogP contribution in [0.4, 0.5) is 0 Å². The van der Waals surface area contributed by atoms with Gasteiger partial charge in [-0.25, -0.2) is 0 Å². The molecule has 0 N–H and O–H groups in total. The minimum atomic E-state index is 0.973. The van der Waals surface area contributed by atoms with Crippen molar-refractivity contribution in [1.82, 2.24) is 0 Å². The third-order valence-corrected chi connectivity index (χ3v) is 13.0. The number of unbranched alkanes of at least 4 members (excludes halogenated alkanes) is 6. The van der Waals surface area contributed by atoms with Gasteiger partial charge in [-0.3, -0.25) is 0 Å². The van der Waals surface area contributed by atoms with E-state index < -0.39 is 0 Å². The van der Waals surface area contributed by atoms with Gasteiger partial charge in [-0.2, -0.15) is 0 Å². The van der Waals surface area contributed by atoms with Gasteiger partial charge in [0.25, 0.3) is 0 Å². The van der Waals surface area contributed by atoms with E-state index in [2.05, 4.69) is 97.5 Å². The van der Waals surface area contributed by atoms with Gasteiger partial charge in [0.2, 0.25) is 0 Å². The van der Waals surface area contributed by atoms with Crippen LogP contribution in [0.2, 0.25) is 0 Å². The lowest BCUT2D eigenvalue weighted by Gasteiger charge is -2.10. The number of aryl methyl sites for hydroxylation is 2. The Bertz CT molecular complexity index is 1640. The maximum Gasteiger partial charge on any atom is 0.0481 e. The third kappa shape index (κ3) is 7.26. The van der Waals surface area contributed by atoms with E-state index in [1.807, 2.05) is 45.3 Å². The van der Waals surface area contributed by atoms with Crippen molar-refractivity contribution in [2.75, 3.05) is 0 Å². The zero-order valence-electron chi connectivity index (χ0n) is 25.5. The van der Waals surface area contributed by atoms with Crippen LogP contribution in [0.15, 0.2) is 94.8 Å². The second kappa shape index (κ2) is 15.0. The van der Waals surface area contributed by atoms with E-state index in [4.69, 9.17) is 0 Å². The Hall–Kier alpha value is -2.50. The van der Waals surface area contributed by atoms with Gasteiger partial charge in [-0.1, -0.05) is 101 Å². The average molecular weight is 639 g/mol. The molecule has 0 aliphatic heterocycles. The number of rotatable bonds is 14. The highest BCUT2D eigenvalue weighted by Gasteiger charge is 2.22. The summed E-state index contributed by atoms with van der Waals surface area (Å²) in [7, 11) is 0. The Morgan fingerprint density at radius 1 is 0.628 bits per heavy atom. The zero-order valence-corrected chi connectivity index (χ0v) is 28.8. The zero-order chi connectivity index (χ0) is 29.4. The van der Waals surface area contributed by atoms with Crippen LogP contribution in [-0.2, 0) is 12.8 Å². The summed E-state index contributed by atoms with van der Waals surface area (Å²) in [5, 5.41) is 4.43. The molecule has 0 saturated heterocycles. The Kier molecular flexibility index (Phi) is 10.6. The smallest absolute Gasteiger partial charge is 0.0481 e. The molecule has 0 fully saturated rings. The molecular weight excluding hydrogens is 597 g/mol. The van der Waals surface area contributed by atoms with Crippen molar-refractivity contribution in [3.63, 3.8) is 0 Å². The Morgan fingerprint density at radius 3 is 1.84 bits per heavy atom. The fourth-order valence-corrected chi connectivity index (χ4v) is 10.4. The summed E-state index contributed by atoms with van der Waals surface area (Å²) in [6.07, 6.45) is 27.8. The minimum Gasteiger partial charge on any atom is -0.143 e. The van der Waals surface area contributed by atoms with Crippen LogP contribution >= 0.6 is 45.3 Å². The van der Waals surface area contributed by atoms with Crippen LogP contribution in [0.25, 0.3) is 30.7 Å². The predicted molar refractivity (Wildman–Crippen MR) is 197 cm³/mol. The summed E-state index contributed by atoms with van der Waals surface area (Å²) in [6.45, 7) is 4.59. The van der Waals surface area contributed by atoms with Crippen molar-refractivity contribution in [3.8, 4) is 19.5 Å². The molecule has 4 heteroatoms. The van der Waals surface area contributed by atoms with Gasteiger partial charge in [-0.15, -0.1) is 45.3 Å². The fourth-order valence-electron chi connectivity index (χ4n) is 6.12. The fraction of sp³-hybridized carbons (Fsp3) is 0.333. The van der Waals surface area contributed by atoms with E-state index in [0.717, 1.165) is 6.42 Å². The highest BCUT2D eigenvalue weighted by atomic mass is 32.1. The molecule has 6 rings (SSSR count). The van der Waals surface area contributed by atoms with Gasteiger partial charge in [-0.05, 0) is 101 Å². The Balaban J connectivity index is 1.29. The van der Waals surface area contributed by atoms with Crippen LogP contribution in [0.5, 0.6) is 0 Å². The summed E-state index contributed by atoms with van der Waals surface area (Å²) in [4.78, 5) is 8.59. The van der Waals surface area contributed by atoms with Crippen molar-refractivity contribution >= 4 is 56.5 Å². The normalized spacial score (nSPS) is 14.7. The Morgan fingerprint density at radius 2 is 1.23 bits per heavy atom. The molecule has 4 aromatic rings. The quantitative estimate of drug-likeness (QED) is 0.121. The molecule has 2 aliphatic carbocycles. The average Bonchev–Trinajstić information content (AvgIpc) is 3.82. The number of fused-ring (bicyclic) bond motifs is 2. The molecule has 0 spiro atoms. The first-order chi connectivity index (χ1) is 21.2. The summed E-state index contributed by atoms with van der Waals surface area (Å²) in [5.41, 5.74) is 8.69. The molecule has 222 valence electrons. The van der Waals surface area contributed by atoms with Crippen molar-refractivity contribution in [2.45, 2.75) is 84.5 Å². The van der Waals surface area contributed by atoms with Gasteiger partial charge < -0.3 is 0 Å². The van der Waals surface area contributed by atoms with Crippen LogP contribution in [-0.4, -0.2) is 0 Å². The first-order valence-electron chi connectivity index (χ1n) is 16.1. The molecular formula is C39H42S4. The van der Waals surface area contributed by atoms with Crippen LogP contribution in [0.1, 0.15) is 92.5 Å². The Labute approximate surface area is 274 Å². The lowest BCUT2D eigenvalue weighted by Crippen LogP contribution is -1.90. The standard InChI is InChI=1S/C39H42S4/c1-3-5-7-9-15-30-26-36(42-38(30)34-21-13-23-40-34)32-19-11-18-29-25-28(32)17-12-20-33(29)37-27-31(16-10-8-6-4-2)39(43-37)35-22-14-24-41-35/h11-14,17-24,26-27H,3-10,15-16,25H2,1-2H3. The van der Waals surface area contributed by atoms with Gasteiger partial charge in [0.15, 0.2) is 0 Å². The molecule has 0 aromatic carbocycles. The van der Waals surface area contributed by atoms with E-state index in [1.165, 1.54) is 127 Å². The molecule has 0 unspecified atom stereocenters. The van der Waals surface area contributed by atoms with Crippen molar-refractivity contribution in [3.05, 3.63) is 116 Å². The maximum atomic E-state index is 2.51. The summed E-state index contributed by atoms with van der Waals surface area (Å²) < 4.78 is 0. The predicted octanol–water partition coefficient (Wildman–Crippen LogP) is 13.8. The molecule has 0 saturated carbocycles. The maximum absolute atomic E-state index is 2.51. The second-order valence-electron chi connectivity index (χ2n) is 11.6. The van der Waals surface area contributed by atoms with E-state index in [1.54, 1.807) is 0 Å². The van der Waals surface area contributed by atoms with Crippen LogP contribution in [0.3, 0.4) is 0 Å². The number of hydrogen-bond donors (Lipinski definition) is 0. The number of allylic oxidation sites excluding steroid dienone is 10. The first kappa shape index (κ1) is 30.5. The highest BCUT2D eigenvalue weighted by molar-refractivity contribution is 7.22. The monoisotopic (exact) mass is 638 g/mol.